The van der Waals surface area contributed by atoms with Crippen LogP contribution in [0.1, 0.15) is 25.1 Å². The lowest BCUT2D eigenvalue weighted by atomic mass is 10.1. The van der Waals surface area contributed by atoms with Crippen molar-refractivity contribution in [1.82, 2.24) is 14.8 Å². The van der Waals surface area contributed by atoms with Crippen LogP contribution in [0.2, 0.25) is 0 Å². The summed E-state index contributed by atoms with van der Waals surface area (Å²) in [7, 11) is 0. The second-order valence-electron chi connectivity index (χ2n) is 4.60. The number of hydrogen-bond donors (Lipinski definition) is 1. The molecule has 0 aliphatic carbocycles. The van der Waals surface area contributed by atoms with Gasteiger partial charge in [-0.2, -0.15) is 0 Å². The number of halogens is 1. The van der Waals surface area contributed by atoms with Crippen LogP contribution in [0.25, 0.3) is 11.4 Å². The van der Waals surface area contributed by atoms with E-state index < -0.39 is 5.82 Å². The fourth-order valence-corrected chi connectivity index (χ4v) is 2.42. The first-order valence-corrected chi connectivity index (χ1v) is 6.24. The van der Waals surface area contributed by atoms with Crippen LogP contribution in [-0.4, -0.2) is 14.8 Å². The normalized spacial score (nSPS) is 15.2. The topological polar surface area (TPSA) is 56.7 Å². The lowest BCUT2D eigenvalue weighted by molar-refractivity contribution is 0.629. The second kappa shape index (κ2) is 4.40. The third kappa shape index (κ3) is 1.75. The van der Waals surface area contributed by atoms with Gasteiger partial charge in [-0.1, -0.05) is 12.5 Å². The van der Waals surface area contributed by atoms with E-state index in [4.69, 9.17) is 5.73 Å². The summed E-state index contributed by atoms with van der Waals surface area (Å²) in [4.78, 5) is 0. The molecule has 4 nitrogen and oxygen atoms in total. The van der Waals surface area contributed by atoms with E-state index in [-0.39, 0.29) is 5.69 Å². The minimum absolute atomic E-state index is 0.150. The van der Waals surface area contributed by atoms with Crippen LogP contribution in [0.5, 0.6) is 0 Å². The number of nitrogens with two attached hydrogens (primary N) is 1. The van der Waals surface area contributed by atoms with Crippen LogP contribution in [-0.2, 0) is 13.0 Å². The molecule has 1 aromatic carbocycles. The molecule has 0 bridgehead atoms. The van der Waals surface area contributed by atoms with Crippen molar-refractivity contribution in [2.75, 3.05) is 5.73 Å². The van der Waals surface area contributed by atoms with E-state index in [1.165, 1.54) is 12.5 Å². The number of fused-ring (bicyclic) bond motifs is 1. The Morgan fingerprint density at radius 1 is 1.17 bits per heavy atom. The van der Waals surface area contributed by atoms with Gasteiger partial charge >= 0.3 is 0 Å². The summed E-state index contributed by atoms with van der Waals surface area (Å²) in [6.45, 7) is 0.883. The highest BCUT2D eigenvalue weighted by Crippen LogP contribution is 2.28. The first-order valence-electron chi connectivity index (χ1n) is 6.24. The molecular formula is C13H15FN4. The third-order valence-electron chi connectivity index (χ3n) is 3.40. The Morgan fingerprint density at radius 2 is 2.06 bits per heavy atom. The van der Waals surface area contributed by atoms with Gasteiger partial charge in [-0.3, -0.25) is 0 Å². The quantitative estimate of drug-likeness (QED) is 0.786. The lowest BCUT2D eigenvalue weighted by Gasteiger charge is -2.09. The minimum atomic E-state index is -0.404. The Morgan fingerprint density at radius 3 is 2.94 bits per heavy atom. The molecule has 2 N–H and O–H groups in total. The van der Waals surface area contributed by atoms with E-state index in [0.29, 0.717) is 11.4 Å². The molecule has 0 unspecified atom stereocenters. The van der Waals surface area contributed by atoms with Crippen molar-refractivity contribution in [3.8, 4) is 11.4 Å². The van der Waals surface area contributed by atoms with Crippen LogP contribution in [0.15, 0.2) is 18.2 Å². The molecule has 5 heteroatoms. The van der Waals surface area contributed by atoms with E-state index in [9.17, 15) is 4.39 Å². The number of aryl methyl sites for hydroxylation is 1. The number of hydrogen-bond acceptors (Lipinski definition) is 3. The van der Waals surface area contributed by atoms with E-state index >= 15 is 0 Å². The second-order valence-corrected chi connectivity index (χ2v) is 4.60. The summed E-state index contributed by atoms with van der Waals surface area (Å²) in [5.41, 5.74) is 6.57. The number of anilines is 1. The summed E-state index contributed by atoms with van der Waals surface area (Å²) in [5.74, 6) is 1.26. The molecule has 2 aromatic rings. The number of nitrogens with zero attached hydrogens (tertiary/aromatic N) is 3. The zero-order chi connectivity index (χ0) is 12.5. The summed E-state index contributed by atoms with van der Waals surface area (Å²) in [6, 6.07) is 4.80. The fraction of sp³-hybridized carbons (Fsp3) is 0.385. The highest BCUT2D eigenvalue weighted by molar-refractivity contribution is 5.72. The summed E-state index contributed by atoms with van der Waals surface area (Å²) in [5, 5.41) is 8.38. The molecule has 1 aromatic heterocycles. The summed E-state index contributed by atoms with van der Waals surface area (Å²) >= 11 is 0. The van der Waals surface area contributed by atoms with Crippen molar-refractivity contribution in [1.29, 1.82) is 0 Å². The molecule has 2 heterocycles. The van der Waals surface area contributed by atoms with Crippen LogP contribution in [0.3, 0.4) is 0 Å². The maximum Gasteiger partial charge on any atom is 0.166 e. The van der Waals surface area contributed by atoms with Crippen molar-refractivity contribution in [2.45, 2.75) is 32.2 Å². The fourth-order valence-electron chi connectivity index (χ4n) is 2.42. The molecule has 18 heavy (non-hydrogen) atoms. The molecule has 0 fully saturated rings. The maximum absolute atomic E-state index is 13.5. The van der Waals surface area contributed by atoms with Gasteiger partial charge in [0.1, 0.15) is 11.6 Å². The Hall–Kier alpha value is -1.91. The highest BCUT2D eigenvalue weighted by Gasteiger charge is 2.18. The van der Waals surface area contributed by atoms with Gasteiger partial charge in [-0.15, -0.1) is 10.2 Å². The van der Waals surface area contributed by atoms with Crippen LogP contribution in [0, 0.1) is 5.82 Å². The van der Waals surface area contributed by atoms with Crippen molar-refractivity contribution < 1.29 is 4.39 Å². The standard InChI is InChI=1S/C13H15FN4/c14-10-6-4-5-9(12(10)15)13-17-16-11-7-2-1-3-8-18(11)13/h4-6H,1-3,7-8,15H2. The van der Waals surface area contributed by atoms with Crippen LogP contribution < -0.4 is 5.73 Å². The highest BCUT2D eigenvalue weighted by atomic mass is 19.1. The number of benzene rings is 1. The van der Waals surface area contributed by atoms with Gasteiger partial charge in [-0.05, 0) is 25.0 Å². The van der Waals surface area contributed by atoms with Crippen LogP contribution >= 0.6 is 0 Å². The number of nitrogen functional groups attached to an aromatic ring is 1. The van der Waals surface area contributed by atoms with Gasteiger partial charge in [0.15, 0.2) is 5.82 Å². The largest absolute Gasteiger partial charge is 0.396 e. The average Bonchev–Trinajstić information content (AvgIpc) is 2.62. The molecule has 3 rings (SSSR count). The van der Waals surface area contributed by atoms with Crippen LogP contribution in [0.4, 0.5) is 10.1 Å². The smallest absolute Gasteiger partial charge is 0.166 e. The minimum Gasteiger partial charge on any atom is -0.396 e. The van der Waals surface area contributed by atoms with Gasteiger partial charge in [0.2, 0.25) is 0 Å². The van der Waals surface area contributed by atoms with E-state index in [1.807, 2.05) is 0 Å². The number of para-hydroxylation sites is 1. The first kappa shape index (κ1) is 11.2. The van der Waals surface area contributed by atoms with Gasteiger partial charge in [-0.25, -0.2) is 4.39 Å². The molecule has 1 aliphatic rings. The molecule has 0 saturated carbocycles. The van der Waals surface area contributed by atoms with E-state index in [1.54, 1.807) is 12.1 Å². The third-order valence-corrected chi connectivity index (χ3v) is 3.40. The predicted molar refractivity (Wildman–Crippen MR) is 67.4 cm³/mol. The molecule has 0 radical (unpaired) electrons. The molecule has 0 spiro atoms. The van der Waals surface area contributed by atoms with Crippen molar-refractivity contribution in [3.63, 3.8) is 0 Å². The summed E-state index contributed by atoms with van der Waals surface area (Å²) in [6.07, 6.45) is 4.37. The number of aromatic nitrogens is 3. The molecular weight excluding hydrogens is 231 g/mol. The van der Waals surface area contributed by atoms with Gasteiger partial charge in [0, 0.05) is 18.5 Å². The van der Waals surface area contributed by atoms with Crippen molar-refractivity contribution in [2.24, 2.45) is 0 Å². The number of rotatable bonds is 1. The average molecular weight is 246 g/mol. The van der Waals surface area contributed by atoms with Gasteiger partial charge < -0.3 is 10.3 Å². The zero-order valence-electron chi connectivity index (χ0n) is 10.1. The molecule has 0 saturated heterocycles. The van der Waals surface area contributed by atoms with Crippen molar-refractivity contribution >= 4 is 5.69 Å². The van der Waals surface area contributed by atoms with Gasteiger partial charge in [0.25, 0.3) is 0 Å². The lowest BCUT2D eigenvalue weighted by Crippen LogP contribution is -2.05. The first-order chi connectivity index (χ1) is 8.77. The Bertz CT molecular complexity index is 576. The zero-order valence-corrected chi connectivity index (χ0v) is 10.1. The van der Waals surface area contributed by atoms with E-state index in [2.05, 4.69) is 14.8 Å². The maximum atomic E-state index is 13.5. The molecule has 1 aliphatic heterocycles. The molecule has 0 atom stereocenters. The molecule has 94 valence electrons. The summed E-state index contributed by atoms with van der Waals surface area (Å²) < 4.78 is 15.6. The van der Waals surface area contributed by atoms with E-state index in [0.717, 1.165) is 31.6 Å². The van der Waals surface area contributed by atoms with Crippen molar-refractivity contribution in [3.05, 3.63) is 29.8 Å². The Labute approximate surface area is 105 Å². The Kier molecular flexibility index (Phi) is 2.74. The monoisotopic (exact) mass is 246 g/mol. The predicted octanol–water partition coefficient (Wildman–Crippen LogP) is 2.39. The SMILES string of the molecule is Nc1c(F)cccc1-c1nnc2n1CCCCC2. The van der Waals surface area contributed by atoms with Gasteiger partial charge in [0.05, 0.1) is 5.69 Å². The molecule has 0 amide bonds. The Balaban J connectivity index is 2.12.